The van der Waals surface area contributed by atoms with Crippen molar-refractivity contribution in [2.75, 3.05) is 0 Å². The van der Waals surface area contributed by atoms with Crippen LogP contribution in [0.3, 0.4) is 0 Å². The maximum Gasteiger partial charge on any atom is 0.0372 e. The Morgan fingerprint density at radius 3 is 1.94 bits per heavy atom. The van der Waals surface area contributed by atoms with Crippen molar-refractivity contribution >= 4 is 0 Å². The SMILES string of the molecule is CCc1ccc(C)nc1.Cc1cncc(C)c1. The van der Waals surface area contributed by atoms with Gasteiger partial charge in [-0.1, -0.05) is 19.1 Å². The van der Waals surface area contributed by atoms with Gasteiger partial charge in [0.25, 0.3) is 0 Å². The fourth-order valence-electron chi connectivity index (χ4n) is 1.41. The number of aromatic nitrogens is 2. The Morgan fingerprint density at radius 1 is 0.941 bits per heavy atom. The van der Waals surface area contributed by atoms with Gasteiger partial charge in [0.05, 0.1) is 0 Å². The molecule has 2 heterocycles. The second-order valence-electron chi connectivity index (χ2n) is 4.20. The van der Waals surface area contributed by atoms with Gasteiger partial charge >= 0.3 is 0 Å². The summed E-state index contributed by atoms with van der Waals surface area (Å²) in [5.74, 6) is 0. The monoisotopic (exact) mass is 228 g/mol. The second kappa shape index (κ2) is 6.79. The molecule has 0 bridgehead atoms. The van der Waals surface area contributed by atoms with Gasteiger partial charge in [-0.05, 0) is 49.9 Å². The standard InChI is InChI=1S/C8H11N.C7H9N/c1-3-8-5-4-7(2)9-6-8;1-6-3-7(2)5-8-4-6/h4-6H,3H2,1-2H3;3-5H,1-2H3. The van der Waals surface area contributed by atoms with E-state index < -0.39 is 0 Å². The Morgan fingerprint density at radius 2 is 1.59 bits per heavy atom. The van der Waals surface area contributed by atoms with E-state index in [0.29, 0.717) is 0 Å². The van der Waals surface area contributed by atoms with E-state index in [2.05, 4.69) is 29.0 Å². The number of aryl methyl sites for hydroxylation is 4. The minimum Gasteiger partial charge on any atom is -0.264 e. The molecule has 0 aliphatic rings. The number of nitrogens with zero attached hydrogens (tertiary/aromatic N) is 2. The molecule has 0 saturated heterocycles. The lowest BCUT2D eigenvalue weighted by atomic mass is 10.2. The van der Waals surface area contributed by atoms with Crippen molar-refractivity contribution in [3.8, 4) is 0 Å². The summed E-state index contributed by atoms with van der Waals surface area (Å²) >= 11 is 0. The first kappa shape index (κ1) is 13.4. The van der Waals surface area contributed by atoms with Crippen LogP contribution in [0.4, 0.5) is 0 Å². The van der Waals surface area contributed by atoms with Gasteiger partial charge in [-0.15, -0.1) is 0 Å². The van der Waals surface area contributed by atoms with E-state index in [1.54, 1.807) is 0 Å². The molecule has 2 heteroatoms. The highest BCUT2D eigenvalue weighted by molar-refractivity contribution is 5.14. The van der Waals surface area contributed by atoms with Crippen LogP contribution >= 0.6 is 0 Å². The normalized spacial score (nSPS) is 9.41. The fourth-order valence-corrected chi connectivity index (χ4v) is 1.41. The summed E-state index contributed by atoms with van der Waals surface area (Å²) < 4.78 is 0. The zero-order valence-corrected chi connectivity index (χ0v) is 11.1. The Balaban J connectivity index is 0.000000171. The van der Waals surface area contributed by atoms with Crippen molar-refractivity contribution in [3.05, 3.63) is 59.2 Å². The first-order valence-corrected chi connectivity index (χ1v) is 5.91. The summed E-state index contributed by atoms with van der Waals surface area (Å²) in [6.45, 7) is 8.21. The van der Waals surface area contributed by atoms with E-state index in [4.69, 9.17) is 0 Å². The smallest absolute Gasteiger partial charge is 0.0372 e. The van der Waals surface area contributed by atoms with E-state index in [1.165, 1.54) is 16.7 Å². The van der Waals surface area contributed by atoms with Crippen LogP contribution in [0.15, 0.2) is 36.8 Å². The van der Waals surface area contributed by atoms with Crippen LogP contribution in [-0.4, -0.2) is 9.97 Å². The zero-order chi connectivity index (χ0) is 12.7. The van der Waals surface area contributed by atoms with Crippen molar-refractivity contribution in [3.63, 3.8) is 0 Å². The molecule has 0 aliphatic carbocycles. The van der Waals surface area contributed by atoms with Crippen LogP contribution in [0, 0.1) is 20.8 Å². The van der Waals surface area contributed by atoms with E-state index in [0.717, 1.165) is 12.1 Å². The van der Waals surface area contributed by atoms with Crippen LogP contribution < -0.4 is 0 Å². The highest BCUT2D eigenvalue weighted by Gasteiger charge is 1.86. The summed E-state index contributed by atoms with van der Waals surface area (Å²) in [5.41, 5.74) is 4.85. The first-order chi connectivity index (χ1) is 8.11. The van der Waals surface area contributed by atoms with Crippen molar-refractivity contribution < 1.29 is 0 Å². The Bertz CT molecular complexity index is 429. The van der Waals surface area contributed by atoms with Crippen LogP contribution in [0.5, 0.6) is 0 Å². The van der Waals surface area contributed by atoms with Crippen LogP contribution in [0.25, 0.3) is 0 Å². The molecule has 0 radical (unpaired) electrons. The van der Waals surface area contributed by atoms with Crippen molar-refractivity contribution in [1.29, 1.82) is 0 Å². The van der Waals surface area contributed by atoms with Crippen LogP contribution in [-0.2, 0) is 6.42 Å². The lowest BCUT2D eigenvalue weighted by Gasteiger charge is -1.93. The molecule has 2 aromatic heterocycles. The van der Waals surface area contributed by atoms with Gasteiger partial charge in [-0.3, -0.25) is 9.97 Å². The van der Waals surface area contributed by atoms with Crippen molar-refractivity contribution in [1.82, 2.24) is 9.97 Å². The van der Waals surface area contributed by atoms with Gasteiger partial charge in [-0.2, -0.15) is 0 Å². The molecule has 0 amide bonds. The molecule has 2 rings (SSSR count). The highest BCUT2D eigenvalue weighted by Crippen LogP contribution is 1.98. The maximum atomic E-state index is 4.15. The highest BCUT2D eigenvalue weighted by atomic mass is 14.6. The third-order valence-electron chi connectivity index (χ3n) is 2.39. The van der Waals surface area contributed by atoms with Crippen molar-refractivity contribution in [2.45, 2.75) is 34.1 Å². The molecule has 0 unspecified atom stereocenters. The van der Waals surface area contributed by atoms with Gasteiger partial charge in [0.15, 0.2) is 0 Å². The minimum atomic E-state index is 1.08. The Hall–Kier alpha value is -1.70. The first-order valence-electron chi connectivity index (χ1n) is 5.91. The molecule has 0 aromatic carbocycles. The lowest BCUT2D eigenvalue weighted by Crippen LogP contribution is -1.83. The van der Waals surface area contributed by atoms with E-state index >= 15 is 0 Å². The second-order valence-corrected chi connectivity index (χ2v) is 4.20. The molecule has 0 aliphatic heterocycles. The third-order valence-corrected chi connectivity index (χ3v) is 2.39. The fraction of sp³-hybridized carbons (Fsp3) is 0.333. The summed E-state index contributed by atoms with van der Waals surface area (Å²) in [6.07, 6.45) is 6.71. The maximum absolute atomic E-state index is 4.15. The molecule has 0 fully saturated rings. The average molecular weight is 228 g/mol. The van der Waals surface area contributed by atoms with Gasteiger partial charge in [-0.25, -0.2) is 0 Å². The molecule has 90 valence electrons. The van der Waals surface area contributed by atoms with Gasteiger partial charge in [0, 0.05) is 24.3 Å². The Labute approximate surface area is 104 Å². The molecule has 0 N–H and O–H groups in total. The number of hydrogen-bond acceptors (Lipinski definition) is 2. The summed E-state index contributed by atoms with van der Waals surface area (Å²) in [4.78, 5) is 8.13. The van der Waals surface area contributed by atoms with Crippen molar-refractivity contribution in [2.24, 2.45) is 0 Å². The van der Waals surface area contributed by atoms with Crippen LogP contribution in [0.2, 0.25) is 0 Å². The molecular weight excluding hydrogens is 208 g/mol. The largest absolute Gasteiger partial charge is 0.264 e. The van der Waals surface area contributed by atoms with Gasteiger partial charge < -0.3 is 0 Å². The molecule has 2 aromatic rings. The average Bonchev–Trinajstić information content (AvgIpc) is 2.30. The zero-order valence-electron chi connectivity index (χ0n) is 11.1. The number of pyridine rings is 2. The molecular formula is C15H20N2. The molecule has 0 saturated carbocycles. The summed E-state index contributed by atoms with van der Waals surface area (Å²) in [7, 11) is 0. The molecule has 2 nitrogen and oxygen atoms in total. The predicted molar refractivity (Wildman–Crippen MR) is 72.1 cm³/mol. The summed E-state index contributed by atoms with van der Waals surface area (Å²) in [6, 6.07) is 6.26. The third kappa shape index (κ3) is 5.25. The minimum absolute atomic E-state index is 1.08. The topological polar surface area (TPSA) is 25.8 Å². The summed E-state index contributed by atoms with van der Waals surface area (Å²) in [5, 5.41) is 0. The molecule has 0 atom stereocenters. The lowest BCUT2D eigenvalue weighted by molar-refractivity contribution is 1.08. The van der Waals surface area contributed by atoms with Gasteiger partial charge in [0.1, 0.15) is 0 Å². The number of hydrogen-bond donors (Lipinski definition) is 0. The van der Waals surface area contributed by atoms with Crippen LogP contribution in [0.1, 0.15) is 29.3 Å². The van der Waals surface area contributed by atoms with Gasteiger partial charge in [0.2, 0.25) is 0 Å². The van der Waals surface area contributed by atoms with E-state index in [-0.39, 0.29) is 0 Å². The molecule has 0 spiro atoms. The predicted octanol–water partition coefficient (Wildman–Crippen LogP) is 3.65. The van der Waals surface area contributed by atoms with E-state index in [1.807, 2.05) is 45.4 Å². The molecule has 17 heavy (non-hydrogen) atoms. The van der Waals surface area contributed by atoms with E-state index in [9.17, 15) is 0 Å². The number of rotatable bonds is 1. The quantitative estimate of drug-likeness (QED) is 0.744. The Kier molecular flexibility index (Phi) is 5.34.